The third-order valence-corrected chi connectivity index (χ3v) is 5.27. The average Bonchev–Trinajstić information content (AvgIpc) is 2.73. The summed E-state index contributed by atoms with van der Waals surface area (Å²) in [5.41, 5.74) is 10.7. The van der Waals surface area contributed by atoms with Crippen LogP contribution in [0.1, 0.15) is 29.5 Å². The van der Waals surface area contributed by atoms with Crippen LogP contribution in [0.15, 0.2) is 54.7 Å². The molecule has 0 saturated heterocycles. The number of methoxy groups -OCH3 is 1. The van der Waals surface area contributed by atoms with Crippen LogP contribution in [-0.2, 0) is 13.0 Å². The number of nitrogens with zero attached hydrogens (tertiary/aromatic N) is 2. The zero-order valence-corrected chi connectivity index (χ0v) is 16.0. The van der Waals surface area contributed by atoms with Crippen molar-refractivity contribution in [1.29, 1.82) is 0 Å². The van der Waals surface area contributed by atoms with Crippen molar-refractivity contribution >= 4 is 27.6 Å². The molecular formula is C23H23N3O2. The van der Waals surface area contributed by atoms with E-state index in [-0.39, 0.29) is 12.5 Å². The molecule has 1 atom stereocenters. The molecule has 0 aliphatic rings. The van der Waals surface area contributed by atoms with Crippen LogP contribution in [-0.4, -0.2) is 22.2 Å². The predicted molar refractivity (Wildman–Crippen MR) is 112 cm³/mol. The number of nitrogens with two attached hydrogens (primary N) is 1. The molecule has 0 spiro atoms. The third-order valence-electron chi connectivity index (χ3n) is 5.27. The van der Waals surface area contributed by atoms with E-state index in [0.29, 0.717) is 11.3 Å². The number of para-hydroxylation sites is 1. The van der Waals surface area contributed by atoms with E-state index in [1.807, 2.05) is 42.6 Å². The summed E-state index contributed by atoms with van der Waals surface area (Å²) in [6.07, 6.45) is 2.66. The number of anilines is 1. The van der Waals surface area contributed by atoms with Gasteiger partial charge in [-0.1, -0.05) is 37.3 Å². The maximum Gasteiger partial charge on any atom is 0.150 e. The van der Waals surface area contributed by atoms with E-state index in [0.717, 1.165) is 39.6 Å². The van der Waals surface area contributed by atoms with Crippen molar-refractivity contribution < 1.29 is 9.84 Å². The van der Waals surface area contributed by atoms with Gasteiger partial charge in [-0.25, -0.2) is 4.98 Å². The van der Waals surface area contributed by atoms with Gasteiger partial charge in [-0.15, -0.1) is 0 Å². The van der Waals surface area contributed by atoms with Crippen molar-refractivity contribution in [3.8, 4) is 5.75 Å². The van der Waals surface area contributed by atoms with Gasteiger partial charge in [0.25, 0.3) is 0 Å². The summed E-state index contributed by atoms with van der Waals surface area (Å²) < 4.78 is 5.23. The highest BCUT2D eigenvalue weighted by Gasteiger charge is 2.18. The fourth-order valence-corrected chi connectivity index (χ4v) is 3.83. The number of pyridine rings is 2. The number of nitrogen functional groups attached to an aromatic ring is 1. The van der Waals surface area contributed by atoms with E-state index in [9.17, 15) is 5.11 Å². The smallest absolute Gasteiger partial charge is 0.150 e. The van der Waals surface area contributed by atoms with Gasteiger partial charge in [0.2, 0.25) is 0 Å². The van der Waals surface area contributed by atoms with Gasteiger partial charge in [0.15, 0.2) is 5.82 Å². The largest absolute Gasteiger partial charge is 0.497 e. The topological polar surface area (TPSA) is 81.3 Å². The SMILES string of the molecule is COc1ccc(CC(C)c2cnc3c(N)nc4ccccc4c3c2CO)cc1. The molecule has 1 unspecified atom stereocenters. The van der Waals surface area contributed by atoms with Gasteiger partial charge < -0.3 is 15.6 Å². The molecule has 0 amide bonds. The molecule has 4 aromatic rings. The van der Waals surface area contributed by atoms with E-state index in [4.69, 9.17) is 10.5 Å². The molecule has 5 nitrogen and oxygen atoms in total. The molecular weight excluding hydrogens is 350 g/mol. The lowest BCUT2D eigenvalue weighted by Gasteiger charge is -2.19. The molecule has 0 aliphatic carbocycles. The highest BCUT2D eigenvalue weighted by Crippen LogP contribution is 2.34. The van der Waals surface area contributed by atoms with Crippen molar-refractivity contribution in [3.05, 3.63) is 71.4 Å². The third kappa shape index (κ3) is 3.14. The second-order valence-corrected chi connectivity index (χ2v) is 7.04. The Bertz CT molecular complexity index is 1140. The fraction of sp³-hybridized carbons (Fsp3) is 0.217. The van der Waals surface area contributed by atoms with Gasteiger partial charge in [-0.05, 0) is 47.2 Å². The lowest BCUT2D eigenvalue weighted by atomic mass is 9.89. The highest BCUT2D eigenvalue weighted by atomic mass is 16.5. The molecule has 28 heavy (non-hydrogen) atoms. The predicted octanol–water partition coefficient (Wildman–Crippen LogP) is 4.21. The Hall–Kier alpha value is -3.18. The first-order chi connectivity index (χ1) is 13.6. The maximum absolute atomic E-state index is 10.2. The van der Waals surface area contributed by atoms with Crippen LogP contribution in [0, 0.1) is 0 Å². The summed E-state index contributed by atoms with van der Waals surface area (Å²) in [7, 11) is 1.66. The molecule has 0 saturated carbocycles. The Kier molecular flexibility index (Phi) is 4.84. The van der Waals surface area contributed by atoms with Gasteiger partial charge in [0, 0.05) is 17.0 Å². The monoisotopic (exact) mass is 373 g/mol. The first-order valence-electron chi connectivity index (χ1n) is 9.32. The van der Waals surface area contributed by atoms with Crippen molar-refractivity contribution in [3.63, 3.8) is 0 Å². The minimum atomic E-state index is -0.0746. The minimum absolute atomic E-state index is 0.0746. The van der Waals surface area contributed by atoms with Gasteiger partial charge in [0.05, 0.1) is 19.2 Å². The first-order valence-corrected chi connectivity index (χ1v) is 9.32. The van der Waals surface area contributed by atoms with Crippen LogP contribution in [0.4, 0.5) is 5.82 Å². The van der Waals surface area contributed by atoms with Crippen LogP contribution in [0.2, 0.25) is 0 Å². The summed E-state index contributed by atoms with van der Waals surface area (Å²) in [5.74, 6) is 1.41. The van der Waals surface area contributed by atoms with Crippen LogP contribution >= 0.6 is 0 Å². The molecule has 2 heterocycles. The number of aliphatic hydroxyl groups is 1. The molecule has 0 bridgehead atoms. The van der Waals surface area contributed by atoms with Crippen molar-refractivity contribution in [2.24, 2.45) is 0 Å². The number of hydrogen-bond acceptors (Lipinski definition) is 5. The van der Waals surface area contributed by atoms with Crippen molar-refractivity contribution in [2.75, 3.05) is 12.8 Å². The summed E-state index contributed by atoms with van der Waals surface area (Å²) in [4.78, 5) is 9.07. The molecule has 142 valence electrons. The number of aromatic nitrogens is 2. The molecule has 2 aromatic heterocycles. The number of fused-ring (bicyclic) bond motifs is 3. The van der Waals surface area contributed by atoms with E-state index >= 15 is 0 Å². The quantitative estimate of drug-likeness (QED) is 0.512. The number of ether oxygens (including phenoxy) is 1. The molecule has 0 aliphatic heterocycles. The second kappa shape index (κ2) is 7.44. The van der Waals surface area contributed by atoms with E-state index in [1.165, 1.54) is 5.56 Å². The molecule has 5 heteroatoms. The Morgan fingerprint density at radius 2 is 1.86 bits per heavy atom. The van der Waals surface area contributed by atoms with Gasteiger partial charge in [0.1, 0.15) is 11.3 Å². The van der Waals surface area contributed by atoms with E-state index < -0.39 is 0 Å². The molecule has 0 radical (unpaired) electrons. The van der Waals surface area contributed by atoms with E-state index in [1.54, 1.807) is 7.11 Å². The van der Waals surface area contributed by atoms with Gasteiger partial charge in [-0.3, -0.25) is 4.98 Å². The average molecular weight is 373 g/mol. The summed E-state index contributed by atoms with van der Waals surface area (Å²) in [5, 5.41) is 12.1. The Labute approximate surface area is 163 Å². The Morgan fingerprint density at radius 1 is 1.11 bits per heavy atom. The van der Waals surface area contributed by atoms with Crippen LogP contribution in [0.3, 0.4) is 0 Å². The number of rotatable bonds is 5. The normalized spacial score (nSPS) is 12.4. The molecule has 3 N–H and O–H groups in total. The van der Waals surface area contributed by atoms with Gasteiger partial charge in [-0.2, -0.15) is 0 Å². The molecule has 4 rings (SSSR count). The Morgan fingerprint density at radius 3 is 2.57 bits per heavy atom. The van der Waals surface area contributed by atoms with Crippen LogP contribution in [0.5, 0.6) is 5.75 Å². The summed E-state index contributed by atoms with van der Waals surface area (Å²) in [6.45, 7) is 2.08. The molecule has 2 aromatic carbocycles. The molecule has 0 fully saturated rings. The van der Waals surface area contributed by atoms with Crippen LogP contribution in [0.25, 0.3) is 21.8 Å². The zero-order chi connectivity index (χ0) is 19.7. The summed E-state index contributed by atoms with van der Waals surface area (Å²) in [6, 6.07) is 15.9. The maximum atomic E-state index is 10.2. The lowest BCUT2D eigenvalue weighted by Crippen LogP contribution is -2.07. The number of benzene rings is 2. The lowest BCUT2D eigenvalue weighted by molar-refractivity contribution is 0.281. The Balaban J connectivity index is 1.83. The van der Waals surface area contributed by atoms with Crippen molar-refractivity contribution in [1.82, 2.24) is 9.97 Å². The number of aliphatic hydroxyl groups excluding tert-OH is 1. The minimum Gasteiger partial charge on any atom is -0.497 e. The number of hydrogen-bond donors (Lipinski definition) is 2. The second-order valence-electron chi connectivity index (χ2n) is 7.04. The first kappa shape index (κ1) is 18.2. The summed E-state index contributed by atoms with van der Waals surface area (Å²) >= 11 is 0. The fourth-order valence-electron chi connectivity index (χ4n) is 3.83. The van der Waals surface area contributed by atoms with Gasteiger partial charge >= 0.3 is 0 Å². The van der Waals surface area contributed by atoms with Crippen molar-refractivity contribution in [2.45, 2.75) is 25.9 Å². The standard InChI is InChI=1S/C23H23N3O2/c1-14(11-15-7-9-16(28-2)10-8-15)18-12-25-22-21(19(18)13-27)17-5-3-4-6-20(17)26-23(22)24/h3-10,12,14,27H,11,13H2,1-2H3,(H2,24,26). The van der Waals surface area contributed by atoms with Crippen LogP contribution < -0.4 is 10.5 Å². The highest BCUT2D eigenvalue weighted by molar-refractivity contribution is 6.09. The van der Waals surface area contributed by atoms with E-state index in [2.05, 4.69) is 29.0 Å². The zero-order valence-electron chi connectivity index (χ0n) is 16.0.